The summed E-state index contributed by atoms with van der Waals surface area (Å²) in [5.41, 5.74) is 3.64. The molecule has 2 nitrogen and oxygen atoms in total. The third kappa shape index (κ3) is 4.82. The van der Waals surface area contributed by atoms with E-state index in [1.165, 1.54) is 24.1 Å². The molecule has 0 aliphatic rings. The molecule has 0 aromatic heterocycles. The van der Waals surface area contributed by atoms with Crippen molar-refractivity contribution in [1.82, 2.24) is 5.32 Å². The van der Waals surface area contributed by atoms with E-state index in [-0.39, 0.29) is 0 Å². The zero-order chi connectivity index (χ0) is 13.4. The van der Waals surface area contributed by atoms with Gasteiger partial charge in [-0.25, -0.2) is 0 Å². The maximum absolute atomic E-state index is 3.85. The highest BCUT2D eigenvalue weighted by Crippen LogP contribution is 2.16. The summed E-state index contributed by atoms with van der Waals surface area (Å²) in [6, 6.07) is 8.84. The molecule has 0 atom stereocenters. The van der Waals surface area contributed by atoms with Crippen LogP contribution in [0.2, 0.25) is 0 Å². The van der Waals surface area contributed by atoms with Crippen molar-refractivity contribution in [2.24, 2.45) is 0 Å². The number of nitrogens with one attached hydrogen (secondary N) is 1. The zero-order valence-electron chi connectivity index (χ0n) is 12.0. The molecule has 1 aromatic rings. The van der Waals surface area contributed by atoms with Gasteiger partial charge in [-0.1, -0.05) is 32.6 Å². The third-order valence-corrected chi connectivity index (χ3v) is 2.88. The summed E-state index contributed by atoms with van der Waals surface area (Å²) in [4.78, 5) is 2.45. The Morgan fingerprint density at radius 1 is 1.11 bits per heavy atom. The predicted molar refractivity (Wildman–Crippen MR) is 80.9 cm³/mol. The maximum Gasteiger partial charge on any atom is 0.0397 e. The minimum atomic E-state index is 0.858. The molecule has 0 unspecified atom stereocenters. The number of anilines is 1. The molecule has 2 heteroatoms. The highest BCUT2D eigenvalue weighted by atomic mass is 15.1. The van der Waals surface area contributed by atoms with Crippen molar-refractivity contribution in [3.05, 3.63) is 42.1 Å². The molecule has 0 amide bonds. The van der Waals surface area contributed by atoms with Gasteiger partial charge in [0.25, 0.3) is 0 Å². The standard InChI is InChI=1S/C16H26N2/c1-5-11-18(12-6-2)16-9-7-15(8-10-16)13-17-14(3)4/h7-10,17H,3,5-6,11-13H2,1-2,4H3. The lowest BCUT2D eigenvalue weighted by Gasteiger charge is -2.24. The van der Waals surface area contributed by atoms with E-state index >= 15 is 0 Å². The molecule has 0 spiro atoms. The van der Waals surface area contributed by atoms with E-state index in [0.29, 0.717) is 0 Å². The summed E-state index contributed by atoms with van der Waals surface area (Å²) < 4.78 is 0. The highest BCUT2D eigenvalue weighted by molar-refractivity contribution is 5.47. The smallest absolute Gasteiger partial charge is 0.0397 e. The van der Waals surface area contributed by atoms with Crippen LogP contribution in [0.25, 0.3) is 0 Å². The molecule has 1 rings (SSSR count). The van der Waals surface area contributed by atoms with Crippen LogP contribution in [0.3, 0.4) is 0 Å². The molecule has 100 valence electrons. The van der Waals surface area contributed by atoms with Crippen LogP contribution in [0, 0.1) is 0 Å². The van der Waals surface area contributed by atoms with Gasteiger partial charge in [-0.05, 0) is 37.5 Å². The summed E-state index contributed by atoms with van der Waals surface area (Å²) in [5, 5.41) is 3.25. The Bertz CT molecular complexity index is 348. The molecule has 0 radical (unpaired) electrons. The van der Waals surface area contributed by atoms with Gasteiger partial charge >= 0.3 is 0 Å². The molecule has 18 heavy (non-hydrogen) atoms. The molecule has 1 aromatic carbocycles. The van der Waals surface area contributed by atoms with Crippen LogP contribution in [-0.4, -0.2) is 13.1 Å². The minimum Gasteiger partial charge on any atom is -0.385 e. The van der Waals surface area contributed by atoms with E-state index in [0.717, 1.165) is 25.3 Å². The van der Waals surface area contributed by atoms with Crippen LogP contribution >= 0.6 is 0 Å². The van der Waals surface area contributed by atoms with Gasteiger partial charge in [-0.15, -0.1) is 0 Å². The first-order chi connectivity index (χ1) is 8.67. The average molecular weight is 246 g/mol. The van der Waals surface area contributed by atoms with E-state index in [4.69, 9.17) is 0 Å². The lowest BCUT2D eigenvalue weighted by atomic mass is 10.2. The Labute approximate surface area is 112 Å². The van der Waals surface area contributed by atoms with Crippen LogP contribution in [0.4, 0.5) is 5.69 Å². The molecule has 0 saturated carbocycles. The Kier molecular flexibility index (Phi) is 6.34. The Morgan fingerprint density at radius 3 is 2.11 bits per heavy atom. The molecule has 0 bridgehead atoms. The number of nitrogens with zero attached hydrogens (tertiary/aromatic N) is 1. The van der Waals surface area contributed by atoms with Gasteiger partial charge in [0.2, 0.25) is 0 Å². The molecular formula is C16H26N2. The number of rotatable bonds is 8. The lowest BCUT2D eigenvalue weighted by molar-refractivity contribution is 0.744. The van der Waals surface area contributed by atoms with Crippen LogP contribution in [-0.2, 0) is 6.54 Å². The van der Waals surface area contributed by atoms with Crippen molar-refractivity contribution >= 4 is 5.69 Å². The zero-order valence-corrected chi connectivity index (χ0v) is 12.0. The monoisotopic (exact) mass is 246 g/mol. The number of hydrogen-bond donors (Lipinski definition) is 1. The number of allylic oxidation sites excluding steroid dienone is 1. The fourth-order valence-corrected chi connectivity index (χ4v) is 1.99. The Balaban J connectivity index is 2.64. The van der Waals surface area contributed by atoms with Gasteiger partial charge in [0.15, 0.2) is 0 Å². The van der Waals surface area contributed by atoms with Gasteiger partial charge in [-0.3, -0.25) is 0 Å². The molecule has 0 fully saturated rings. The molecular weight excluding hydrogens is 220 g/mol. The first kappa shape index (κ1) is 14.6. The lowest BCUT2D eigenvalue weighted by Crippen LogP contribution is -2.24. The van der Waals surface area contributed by atoms with E-state index in [9.17, 15) is 0 Å². The fourth-order valence-electron chi connectivity index (χ4n) is 1.99. The first-order valence-electron chi connectivity index (χ1n) is 6.90. The number of benzene rings is 1. The van der Waals surface area contributed by atoms with Crippen LogP contribution in [0.5, 0.6) is 0 Å². The Hall–Kier alpha value is -1.44. The molecule has 0 aliphatic heterocycles. The second kappa shape index (κ2) is 7.80. The van der Waals surface area contributed by atoms with Crippen molar-refractivity contribution in [2.45, 2.75) is 40.2 Å². The number of hydrogen-bond acceptors (Lipinski definition) is 2. The summed E-state index contributed by atoms with van der Waals surface area (Å²) in [6.07, 6.45) is 2.39. The van der Waals surface area contributed by atoms with Gasteiger partial charge < -0.3 is 10.2 Å². The van der Waals surface area contributed by atoms with E-state index in [1.807, 2.05) is 6.92 Å². The summed E-state index contributed by atoms with van der Waals surface area (Å²) in [6.45, 7) is 13.4. The van der Waals surface area contributed by atoms with Crippen LogP contribution in [0.1, 0.15) is 39.2 Å². The molecule has 0 aliphatic carbocycles. The molecule has 1 N–H and O–H groups in total. The SMILES string of the molecule is C=C(C)NCc1ccc(N(CCC)CCC)cc1. The first-order valence-corrected chi connectivity index (χ1v) is 6.90. The second-order valence-corrected chi connectivity index (χ2v) is 4.79. The Morgan fingerprint density at radius 2 is 1.67 bits per heavy atom. The van der Waals surface area contributed by atoms with Gasteiger partial charge in [-0.2, -0.15) is 0 Å². The van der Waals surface area contributed by atoms with Crippen molar-refractivity contribution in [3.8, 4) is 0 Å². The second-order valence-electron chi connectivity index (χ2n) is 4.79. The van der Waals surface area contributed by atoms with Gasteiger partial charge in [0.05, 0.1) is 0 Å². The largest absolute Gasteiger partial charge is 0.385 e. The summed E-state index contributed by atoms with van der Waals surface area (Å²) in [5.74, 6) is 0. The van der Waals surface area contributed by atoms with Crippen molar-refractivity contribution < 1.29 is 0 Å². The van der Waals surface area contributed by atoms with E-state index in [1.54, 1.807) is 0 Å². The highest BCUT2D eigenvalue weighted by Gasteiger charge is 2.03. The van der Waals surface area contributed by atoms with Crippen LogP contribution in [0.15, 0.2) is 36.5 Å². The maximum atomic E-state index is 3.85. The predicted octanol–water partition coefficient (Wildman–Crippen LogP) is 3.94. The van der Waals surface area contributed by atoms with E-state index < -0.39 is 0 Å². The molecule has 0 heterocycles. The van der Waals surface area contributed by atoms with Crippen molar-refractivity contribution in [1.29, 1.82) is 0 Å². The average Bonchev–Trinajstić information content (AvgIpc) is 2.37. The summed E-state index contributed by atoms with van der Waals surface area (Å²) in [7, 11) is 0. The topological polar surface area (TPSA) is 15.3 Å². The summed E-state index contributed by atoms with van der Waals surface area (Å²) >= 11 is 0. The van der Waals surface area contributed by atoms with Crippen molar-refractivity contribution in [2.75, 3.05) is 18.0 Å². The van der Waals surface area contributed by atoms with E-state index in [2.05, 4.69) is 54.9 Å². The quantitative estimate of drug-likeness (QED) is 0.747. The van der Waals surface area contributed by atoms with Crippen molar-refractivity contribution in [3.63, 3.8) is 0 Å². The minimum absolute atomic E-state index is 0.858. The van der Waals surface area contributed by atoms with Gasteiger partial charge in [0.1, 0.15) is 0 Å². The fraction of sp³-hybridized carbons (Fsp3) is 0.500. The van der Waals surface area contributed by atoms with Crippen LogP contribution < -0.4 is 10.2 Å². The third-order valence-electron chi connectivity index (χ3n) is 2.88. The molecule has 0 saturated heterocycles. The van der Waals surface area contributed by atoms with Gasteiger partial charge in [0, 0.05) is 31.0 Å². The normalized spacial score (nSPS) is 10.2.